The van der Waals surface area contributed by atoms with Gasteiger partial charge in [0.15, 0.2) is 11.5 Å². The van der Waals surface area contributed by atoms with E-state index < -0.39 is 10.0 Å². The van der Waals surface area contributed by atoms with Crippen molar-refractivity contribution >= 4 is 21.6 Å². The van der Waals surface area contributed by atoms with Gasteiger partial charge in [-0.25, -0.2) is 8.42 Å². The standard InChI is InChI=1S/C21H26N2O6S/c1-27-18-9-7-16(30(25,26)23-10-4-5-11-23)14-17(18)22-21(24)13-15-6-8-19(28-2)20(12-15)29-3/h6-9,12,14H,4-5,10-11,13H2,1-3H3,(H,22,24). The smallest absolute Gasteiger partial charge is 0.243 e. The summed E-state index contributed by atoms with van der Waals surface area (Å²) in [7, 11) is 0.933. The van der Waals surface area contributed by atoms with Crippen molar-refractivity contribution in [2.24, 2.45) is 0 Å². The summed E-state index contributed by atoms with van der Waals surface area (Å²) >= 11 is 0. The molecule has 9 heteroatoms. The Bertz CT molecular complexity index is 1020. The van der Waals surface area contributed by atoms with Crippen LogP contribution in [0.15, 0.2) is 41.3 Å². The number of amides is 1. The van der Waals surface area contributed by atoms with Crippen LogP contribution in [0.1, 0.15) is 18.4 Å². The molecule has 2 aromatic carbocycles. The summed E-state index contributed by atoms with van der Waals surface area (Å²) in [5.41, 5.74) is 1.04. The van der Waals surface area contributed by atoms with Gasteiger partial charge < -0.3 is 19.5 Å². The van der Waals surface area contributed by atoms with E-state index in [1.165, 1.54) is 30.7 Å². The third-order valence-electron chi connectivity index (χ3n) is 4.96. The van der Waals surface area contributed by atoms with Crippen LogP contribution in [0, 0.1) is 0 Å². The van der Waals surface area contributed by atoms with E-state index in [2.05, 4.69) is 5.32 Å². The number of carbonyl (C=O) groups is 1. The predicted molar refractivity (Wildman–Crippen MR) is 113 cm³/mol. The lowest BCUT2D eigenvalue weighted by Crippen LogP contribution is -2.28. The predicted octanol–water partition coefficient (Wildman–Crippen LogP) is 2.68. The van der Waals surface area contributed by atoms with Crippen molar-refractivity contribution in [3.8, 4) is 17.2 Å². The number of carbonyl (C=O) groups excluding carboxylic acids is 1. The lowest BCUT2D eigenvalue weighted by atomic mass is 10.1. The van der Waals surface area contributed by atoms with Gasteiger partial charge in [0.2, 0.25) is 15.9 Å². The maximum atomic E-state index is 12.8. The molecule has 30 heavy (non-hydrogen) atoms. The first-order valence-electron chi connectivity index (χ1n) is 9.58. The topological polar surface area (TPSA) is 94.2 Å². The number of ether oxygens (including phenoxy) is 3. The number of methoxy groups -OCH3 is 3. The fourth-order valence-electron chi connectivity index (χ4n) is 3.39. The molecule has 8 nitrogen and oxygen atoms in total. The zero-order valence-electron chi connectivity index (χ0n) is 17.3. The molecule has 1 saturated heterocycles. The molecule has 0 saturated carbocycles. The Morgan fingerprint density at radius 2 is 1.57 bits per heavy atom. The molecule has 3 rings (SSSR count). The molecule has 1 aliphatic rings. The maximum Gasteiger partial charge on any atom is 0.243 e. The van der Waals surface area contributed by atoms with Crippen molar-refractivity contribution in [3.63, 3.8) is 0 Å². The van der Waals surface area contributed by atoms with Gasteiger partial charge in [-0.15, -0.1) is 0 Å². The zero-order chi connectivity index (χ0) is 21.7. The molecule has 0 bridgehead atoms. The zero-order valence-corrected chi connectivity index (χ0v) is 18.1. The van der Waals surface area contributed by atoms with Gasteiger partial charge in [-0.1, -0.05) is 6.07 Å². The molecule has 0 spiro atoms. The largest absolute Gasteiger partial charge is 0.495 e. The summed E-state index contributed by atoms with van der Waals surface area (Å²) in [6.07, 6.45) is 1.78. The second-order valence-electron chi connectivity index (χ2n) is 6.89. The van der Waals surface area contributed by atoms with Gasteiger partial charge in [0.25, 0.3) is 0 Å². The van der Waals surface area contributed by atoms with Crippen LogP contribution in [0.3, 0.4) is 0 Å². The average Bonchev–Trinajstić information content (AvgIpc) is 3.29. The van der Waals surface area contributed by atoms with E-state index in [0.717, 1.165) is 18.4 Å². The Hall–Kier alpha value is -2.78. The third-order valence-corrected chi connectivity index (χ3v) is 6.86. The molecular weight excluding hydrogens is 408 g/mol. The Kier molecular flexibility index (Phi) is 6.84. The van der Waals surface area contributed by atoms with Crippen LogP contribution in [0.4, 0.5) is 5.69 Å². The van der Waals surface area contributed by atoms with Gasteiger partial charge in [-0.3, -0.25) is 4.79 Å². The molecule has 1 amide bonds. The van der Waals surface area contributed by atoms with Crippen molar-refractivity contribution < 1.29 is 27.4 Å². The normalized spacial score (nSPS) is 14.4. The van der Waals surface area contributed by atoms with E-state index in [0.29, 0.717) is 36.0 Å². The minimum atomic E-state index is -3.60. The van der Waals surface area contributed by atoms with Gasteiger partial charge in [-0.2, -0.15) is 4.31 Å². The van der Waals surface area contributed by atoms with Gasteiger partial charge in [0.05, 0.1) is 38.3 Å². The van der Waals surface area contributed by atoms with Gasteiger partial charge >= 0.3 is 0 Å². The van der Waals surface area contributed by atoms with E-state index in [9.17, 15) is 13.2 Å². The molecule has 1 N–H and O–H groups in total. The molecule has 0 atom stereocenters. The highest BCUT2D eigenvalue weighted by atomic mass is 32.2. The van der Waals surface area contributed by atoms with Gasteiger partial charge in [0, 0.05) is 13.1 Å². The van der Waals surface area contributed by atoms with Crippen LogP contribution in [-0.2, 0) is 21.2 Å². The molecule has 1 fully saturated rings. The fourth-order valence-corrected chi connectivity index (χ4v) is 4.94. The van der Waals surface area contributed by atoms with Crippen LogP contribution in [0.2, 0.25) is 0 Å². The van der Waals surface area contributed by atoms with Crippen molar-refractivity contribution in [3.05, 3.63) is 42.0 Å². The molecule has 0 aromatic heterocycles. The number of hydrogen-bond acceptors (Lipinski definition) is 6. The van der Waals surface area contributed by atoms with Crippen molar-refractivity contribution in [1.29, 1.82) is 0 Å². The summed E-state index contributed by atoms with van der Waals surface area (Å²) in [6, 6.07) is 9.71. The molecular formula is C21H26N2O6S. The number of hydrogen-bond donors (Lipinski definition) is 1. The second-order valence-corrected chi connectivity index (χ2v) is 8.83. The van der Waals surface area contributed by atoms with E-state index in [-0.39, 0.29) is 17.2 Å². The fraction of sp³-hybridized carbons (Fsp3) is 0.381. The Morgan fingerprint density at radius 3 is 2.20 bits per heavy atom. The first-order chi connectivity index (χ1) is 14.4. The molecule has 2 aromatic rings. The highest BCUT2D eigenvalue weighted by Crippen LogP contribution is 2.31. The van der Waals surface area contributed by atoms with E-state index in [1.807, 2.05) is 0 Å². The molecule has 1 aliphatic heterocycles. The average molecular weight is 435 g/mol. The number of anilines is 1. The number of rotatable bonds is 8. The highest BCUT2D eigenvalue weighted by Gasteiger charge is 2.28. The third kappa shape index (κ3) is 4.68. The second kappa shape index (κ2) is 9.36. The van der Waals surface area contributed by atoms with Crippen molar-refractivity contribution in [2.75, 3.05) is 39.7 Å². The summed E-state index contributed by atoms with van der Waals surface area (Å²) in [4.78, 5) is 12.8. The van der Waals surface area contributed by atoms with Gasteiger partial charge in [-0.05, 0) is 48.7 Å². The quantitative estimate of drug-likeness (QED) is 0.687. The first-order valence-corrected chi connectivity index (χ1v) is 11.0. The highest BCUT2D eigenvalue weighted by molar-refractivity contribution is 7.89. The summed E-state index contributed by atoms with van der Waals surface area (Å²) in [5, 5.41) is 2.76. The summed E-state index contributed by atoms with van der Waals surface area (Å²) in [5.74, 6) is 1.18. The van der Waals surface area contributed by atoms with Crippen LogP contribution in [0.5, 0.6) is 17.2 Å². The minimum absolute atomic E-state index is 0.0760. The van der Waals surface area contributed by atoms with Crippen LogP contribution < -0.4 is 19.5 Å². The Labute approximate surface area is 176 Å². The lowest BCUT2D eigenvalue weighted by Gasteiger charge is -2.17. The van der Waals surface area contributed by atoms with Gasteiger partial charge in [0.1, 0.15) is 5.75 Å². The number of benzene rings is 2. The summed E-state index contributed by atoms with van der Waals surface area (Å²) in [6.45, 7) is 1.02. The summed E-state index contributed by atoms with van der Waals surface area (Å²) < 4.78 is 42.9. The Balaban J connectivity index is 1.80. The van der Waals surface area contributed by atoms with Crippen LogP contribution in [-0.4, -0.2) is 53.0 Å². The van der Waals surface area contributed by atoms with Crippen LogP contribution in [0.25, 0.3) is 0 Å². The molecule has 0 radical (unpaired) electrons. The SMILES string of the molecule is COc1ccc(S(=O)(=O)N2CCCC2)cc1NC(=O)Cc1ccc(OC)c(OC)c1. The minimum Gasteiger partial charge on any atom is -0.495 e. The van der Waals surface area contributed by atoms with E-state index in [4.69, 9.17) is 14.2 Å². The van der Waals surface area contributed by atoms with Crippen LogP contribution >= 0.6 is 0 Å². The lowest BCUT2D eigenvalue weighted by molar-refractivity contribution is -0.115. The number of nitrogens with zero attached hydrogens (tertiary/aromatic N) is 1. The molecule has 162 valence electrons. The molecule has 1 heterocycles. The van der Waals surface area contributed by atoms with Crippen molar-refractivity contribution in [1.82, 2.24) is 4.31 Å². The maximum absolute atomic E-state index is 12.8. The Morgan fingerprint density at radius 1 is 0.933 bits per heavy atom. The number of nitrogens with one attached hydrogen (secondary N) is 1. The monoisotopic (exact) mass is 434 g/mol. The first kappa shape index (κ1) is 21.9. The van der Waals surface area contributed by atoms with E-state index in [1.54, 1.807) is 31.4 Å². The van der Waals surface area contributed by atoms with E-state index >= 15 is 0 Å². The molecule has 0 aliphatic carbocycles. The molecule has 0 unspecified atom stereocenters. The number of sulfonamides is 1. The van der Waals surface area contributed by atoms with Crippen molar-refractivity contribution in [2.45, 2.75) is 24.2 Å².